The van der Waals surface area contributed by atoms with Crippen molar-refractivity contribution in [1.29, 1.82) is 0 Å². The maximum absolute atomic E-state index is 12.5. The monoisotopic (exact) mass is 412 g/mol. The lowest BCUT2D eigenvalue weighted by atomic mass is 9.97. The molecule has 26 heavy (non-hydrogen) atoms. The summed E-state index contributed by atoms with van der Waals surface area (Å²) in [6.07, 6.45) is 2.61. The van der Waals surface area contributed by atoms with E-state index < -0.39 is 0 Å². The summed E-state index contributed by atoms with van der Waals surface area (Å²) in [4.78, 5) is 12.5. The van der Waals surface area contributed by atoms with Crippen LogP contribution in [0.15, 0.2) is 48.5 Å². The van der Waals surface area contributed by atoms with Crippen molar-refractivity contribution >= 4 is 41.5 Å². The zero-order valence-electron chi connectivity index (χ0n) is 14.4. The second-order valence-electron chi connectivity index (χ2n) is 6.48. The fraction of sp³-hybridized carbons (Fsp3) is 0.350. The summed E-state index contributed by atoms with van der Waals surface area (Å²) in [6, 6.07) is 15.2. The first-order valence-electron chi connectivity index (χ1n) is 8.63. The third kappa shape index (κ3) is 5.62. The van der Waals surface area contributed by atoms with Gasteiger partial charge in [-0.25, -0.2) is 0 Å². The molecule has 0 aromatic heterocycles. The summed E-state index contributed by atoms with van der Waals surface area (Å²) >= 11 is 12.2. The second kappa shape index (κ2) is 10.2. The van der Waals surface area contributed by atoms with E-state index in [0.29, 0.717) is 22.4 Å². The Kier molecular flexibility index (Phi) is 8.23. The van der Waals surface area contributed by atoms with Crippen LogP contribution in [0.3, 0.4) is 0 Å². The highest BCUT2D eigenvalue weighted by molar-refractivity contribution is 6.42. The molecule has 2 aromatic rings. The minimum Gasteiger partial charge on any atom is -0.345 e. The maximum atomic E-state index is 12.5. The Labute approximate surface area is 170 Å². The number of halogens is 3. The smallest absolute Gasteiger partial charge is 0.220 e. The van der Waals surface area contributed by atoms with Crippen LogP contribution in [0.25, 0.3) is 0 Å². The average molecular weight is 414 g/mol. The fourth-order valence-electron chi connectivity index (χ4n) is 3.23. The largest absolute Gasteiger partial charge is 0.345 e. The molecule has 1 aliphatic heterocycles. The van der Waals surface area contributed by atoms with E-state index in [1.165, 1.54) is 0 Å². The maximum Gasteiger partial charge on any atom is 0.220 e. The van der Waals surface area contributed by atoms with Gasteiger partial charge >= 0.3 is 0 Å². The van der Waals surface area contributed by atoms with Crippen LogP contribution in [0.1, 0.15) is 36.4 Å². The third-order valence-corrected chi connectivity index (χ3v) is 5.40. The molecule has 2 N–H and O–H groups in total. The molecule has 1 heterocycles. The number of hydrogen-bond donors (Lipinski definition) is 2. The molecule has 3 rings (SSSR count). The van der Waals surface area contributed by atoms with Crippen LogP contribution < -0.4 is 10.6 Å². The van der Waals surface area contributed by atoms with Gasteiger partial charge in [-0.1, -0.05) is 59.6 Å². The van der Waals surface area contributed by atoms with Gasteiger partial charge < -0.3 is 10.6 Å². The van der Waals surface area contributed by atoms with Gasteiger partial charge in [0.05, 0.1) is 16.1 Å². The molecule has 1 saturated heterocycles. The van der Waals surface area contributed by atoms with E-state index in [1.54, 1.807) is 6.07 Å². The van der Waals surface area contributed by atoms with Gasteiger partial charge in [-0.15, -0.1) is 12.4 Å². The molecular weight excluding hydrogens is 391 g/mol. The van der Waals surface area contributed by atoms with Crippen molar-refractivity contribution in [2.24, 2.45) is 5.92 Å². The zero-order valence-corrected chi connectivity index (χ0v) is 16.7. The molecule has 140 valence electrons. The van der Waals surface area contributed by atoms with Gasteiger partial charge in [-0.2, -0.15) is 0 Å². The van der Waals surface area contributed by atoms with E-state index in [4.69, 9.17) is 23.2 Å². The Balaban J connectivity index is 0.00000243. The van der Waals surface area contributed by atoms with Gasteiger partial charge in [0.2, 0.25) is 5.91 Å². The van der Waals surface area contributed by atoms with Gasteiger partial charge in [0.15, 0.2) is 0 Å². The van der Waals surface area contributed by atoms with Crippen molar-refractivity contribution in [3.05, 3.63) is 69.7 Å². The Morgan fingerprint density at radius 3 is 2.54 bits per heavy atom. The summed E-state index contributed by atoms with van der Waals surface area (Å²) in [5, 5.41) is 7.50. The zero-order chi connectivity index (χ0) is 17.6. The highest BCUT2D eigenvalue weighted by Crippen LogP contribution is 2.29. The van der Waals surface area contributed by atoms with Crippen LogP contribution in [0.4, 0.5) is 0 Å². The lowest BCUT2D eigenvalue weighted by Crippen LogP contribution is -2.29. The lowest BCUT2D eigenvalue weighted by Gasteiger charge is -2.21. The van der Waals surface area contributed by atoms with Crippen molar-refractivity contribution in [2.45, 2.75) is 25.3 Å². The molecule has 2 aromatic carbocycles. The van der Waals surface area contributed by atoms with Crippen LogP contribution in [0.2, 0.25) is 10.0 Å². The van der Waals surface area contributed by atoms with E-state index >= 15 is 0 Å². The van der Waals surface area contributed by atoms with Crippen molar-refractivity contribution < 1.29 is 4.79 Å². The molecule has 1 amide bonds. The Hall–Kier alpha value is -1.26. The number of carbonyl (C=O) groups excluding carboxylic acids is 1. The van der Waals surface area contributed by atoms with E-state index in [2.05, 4.69) is 10.6 Å². The van der Waals surface area contributed by atoms with E-state index in [1.807, 2.05) is 42.5 Å². The molecule has 0 spiro atoms. The number of hydrogen-bond acceptors (Lipinski definition) is 2. The molecule has 3 nitrogen and oxygen atoms in total. The molecule has 0 aliphatic carbocycles. The van der Waals surface area contributed by atoms with Gasteiger partial charge in [0, 0.05) is 6.42 Å². The van der Waals surface area contributed by atoms with Crippen molar-refractivity contribution in [2.75, 3.05) is 13.1 Å². The predicted octanol–water partition coefficient (Wildman–Crippen LogP) is 5.01. The molecular formula is C20H23Cl3N2O. The summed E-state index contributed by atoms with van der Waals surface area (Å²) in [7, 11) is 0. The van der Waals surface area contributed by atoms with Crippen molar-refractivity contribution in [1.82, 2.24) is 10.6 Å². The average Bonchev–Trinajstić information content (AvgIpc) is 3.15. The highest BCUT2D eigenvalue weighted by Gasteiger charge is 2.20. The predicted molar refractivity (Wildman–Crippen MR) is 110 cm³/mol. The number of amides is 1. The summed E-state index contributed by atoms with van der Waals surface area (Å²) in [6.45, 7) is 2.07. The molecule has 1 fully saturated rings. The third-order valence-electron chi connectivity index (χ3n) is 4.66. The molecule has 0 saturated carbocycles. The van der Waals surface area contributed by atoms with Crippen LogP contribution >= 0.6 is 35.6 Å². The van der Waals surface area contributed by atoms with Crippen molar-refractivity contribution in [3.63, 3.8) is 0 Å². The summed E-state index contributed by atoms with van der Waals surface area (Å²) in [5.74, 6) is 0.665. The summed E-state index contributed by atoms with van der Waals surface area (Å²) in [5.41, 5.74) is 1.95. The van der Waals surface area contributed by atoms with Crippen LogP contribution in [0, 0.1) is 5.92 Å². The van der Waals surface area contributed by atoms with Crippen LogP contribution in [0.5, 0.6) is 0 Å². The molecule has 1 aliphatic rings. The van der Waals surface area contributed by atoms with E-state index in [0.717, 1.165) is 37.1 Å². The number of nitrogens with one attached hydrogen (secondary N) is 2. The van der Waals surface area contributed by atoms with Crippen molar-refractivity contribution in [3.8, 4) is 0 Å². The normalized spacial score (nSPS) is 17.4. The van der Waals surface area contributed by atoms with E-state index in [9.17, 15) is 4.79 Å². The number of carbonyl (C=O) groups is 1. The standard InChI is InChI=1S/C20H22Cl2N2O.ClH/c21-17-8-7-16(12-18(17)22)20(15-4-2-1-3-5-15)24-19(25)9-6-14-10-11-23-13-14;/h1-5,7-8,12,14,20,23H,6,9-11,13H2,(H,24,25);1H. The fourth-order valence-corrected chi connectivity index (χ4v) is 3.53. The minimum absolute atomic E-state index is 0. The quantitative estimate of drug-likeness (QED) is 0.699. The SMILES string of the molecule is Cl.O=C(CCC1CCNC1)NC(c1ccccc1)c1ccc(Cl)c(Cl)c1. The highest BCUT2D eigenvalue weighted by atomic mass is 35.5. The second-order valence-corrected chi connectivity index (χ2v) is 7.30. The van der Waals surface area contributed by atoms with Gasteiger partial charge in [-0.05, 0) is 55.1 Å². The Morgan fingerprint density at radius 1 is 1.12 bits per heavy atom. The molecule has 0 bridgehead atoms. The molecule has 0 radical (unpaired) electrons. The van der Waals surface area contributed by atoms with Gasteiger partial charge in [-0.3, -0.25) is 4.79 Å². The first-order chi connectivity index (χ1) is 12.1. The number of rotatable bonds is 6. The molecule has 2 atom stereocenters. The Morgan fingerprint density at radius 2 is 1.88 bits per heavy atom. The van der Waals surface area contributed by atoms with Gasteiger partial charge in [0.1, 0.15) is 0 Å². The number of benzene rings is 2. The molecule has 6 heteroatoms. The minimum atomic E-state index is -0.231. The van der Waals surface area contributed by atoms with Crippen LogP contribution in [-0.2, 0) is 4.79 Å². The lowest BCUT2D eigenvalue weighted by molar-refractivity contribution is -0.121. The molecule has 2 unspecified atom stereocenters. The van der Waals surface area contributed by atoms with Crippen LogP contribution in [-0.4, -0.2) is 19.0 Å². The van der Waals surface area contributed by atoms with Gasteiger partial charge in [0.25, 0.3) is 0 Å². The topological polar surface area (TPSA) is 41.1 Å². The first kappa shape index (κ1) is 21.0. The van der Waals surface area contributed by atoms with E-state index in [-0.39, 0.29) is 24.4 Å². The summed E-state index contributed by atoms with van der Waals surface area (Å²) < 4.78 is 0. The first-order valence-corrected chi connectivity index (χ1v) is 9.39. The Bertz CT molecular complexity index is 718.